The Kier molecular flexibility index (Phi) is 5.66. The molecule has 0 atom stereocenters. The number of aromatic carboxylic acids is 1. The van der Waals surface area contributed by atoms with Gasteiger partial charge in [-0.1, -0.05) is 29.8 Å². The number of hydrogen-bond donors (Lipinski definition) is 3. The molecule has 0 aromatic heterocycles. The Morgan fingerprint density at radius 1 is 0.969 bits per heavy atom. The number of carboxylic acid groups (broad SMARTS) is 1. The fourth-order valence-electron chi connectivity index (χ4n) is 6.61. The number of aliphatic imine (C=N–C) groups is 1. The van der Waals surface area contributed by atoms with Crippen molar-refractivity contribution in [2.45, 2.75) is 52.0 Å². The van der Waals surface area contributed by atoms with Crippen molar-refractivity contribution >= 4 is 17.6 Å². The maximum absolute atomic E-state index is 11.2. The number of rotatable bonds is 6. The van der Waals surface area contributed by atoms with Crippen LogP contribution >= 0.6 is 0 Å². The number of carbonyl (C=O) groups is 1. The van der Waals surface area contributed by atoms with Crippen LogP contribution in [-0.2, 0) is 6.54 Å². The van der Waals surface area contributed by atoms with Gasteiger partial charge in [-0.05, 0) is 98.4 Å². The Balaban J connectivity index is 1.31. The zero-order valence-corrected chi connectivity index (χ0v) is 18.8. The van der Waals surface area contributed by atoms with Gasteiger partial charge in [0.1, 0.15) is 0 Å². The highest BCUT2D eigenvalue weighted by Gasteiger charge is 2.50. The van der Waals surface area contributed by atoms with E-state index in [1.54, 1.807) is 24.3 Å². The third-order valence-corrected chi connectivity index (χ3v) is 7.73. The number of benzene rings is 2. The summed E-state index contributed by atoms with van der Waals surface area (Å²) in [5.41, 5.74) is 3.96. The molecule has 168 valence electrons. The first-order valence-corrected chi connectivity index (χ1v) is 11.9. The predicted molar refractivity (Wildman–Crippen MR) is 128 cm³/mol. The van der Waals surface area contributed by atoms with Gasteiger partial charge in [0.25, 0.3) is 0 Å². The SMILES string of the molecule is Cc1ccc(CN=C(NCC23CC4CC(CC(C4)C2)C3)Nc2ccc(C(=O)O)cc2)cc1. The van der Waals surface area contributed by atoms with Crippen molar-refractivity contribution in [2.24, 2.45) is 28.2 Å². The molecule has 5 nitrogen and oxygen atoms in total. The Morgan fingerprint density at radius 2 is 1.56 bits per heavy atom. The molecule has 2 aromatic rings. The third-order valence-electron chi connectivity index (χ3n) is 7.73. The molecule has 4 aliphatic rings. The summed E-state index contributed by atoms with van der Waals surface area (Å²) in [7, 11) is 0. The molecule has 0 aliphatic heterocycles. The minimum absolute atomic E-state index is 0.287. The van der Waals surface area contributed by atoms with Crippen LogP contribution in [0.25, 0.3) is 0 Å². The van der Waals surface area contributed by atoms with Gasteiger partial charge in [-0.15, -0.1) is 0 Å². The second-order valence-corrected chi connectivity index (χ2v) is 10.4. The summed E-state index contributed by atoms with van der Waals surface area (Å²) in [6.45, 7) is 3.65. The van der Waals surface area contributed by atoms with E-state index in [9.17, 15) is 4.79 Å². The molecule has 6 rings (SSSR count). The number of aryl methyl sites for hydroxylation is 1. The van der Waals surface area contributed by atoms with E-state index in [0.717, 1.165) is 35.9 Å². The summed E-state index contributed by atoms with van der Waals surface area (Å²) in [4.78, 5) is 16.0. The van der Waals surface area contributed by atoms with E-state index in [1.165, 1.54) is 49.7 Å². The monoisotopic (exact) mass is 431 g/mol. The molecule has 4 saturated carbocycles. The van der Waals surface area contributed by atoms with Crippen LogP contribution in [0.1, 0.15) is 60.0 Å². The molecule has 5 heteroatoms. The van der Waals surface area contributed by atoms with E-state index < -0.39 is 5.97 Å². The van der Waals surface area contributed by atoms with Crippen LogP contribution < -0.4 is 10.6 Å². The Labute approximate surface area is 190 Å². The van der Waals surface area contributed by atoms with Gasteiger partial charge in [0.2, 0.25) is 0 Å². The van der Waals surface area contributed by atoms with Crippen LogP contribution in [0.15, 0.2) is 53.5 Å². The standard InChI is InChI=1S/C27H33N3O2/c1-18-2-4-19(5-3-18)16-28-26(30-24-8-6-23(7-9-24)25(31)32)29-17-27-13-20-10-21(14-27)12-22(11-20)15-27/h2-9,20-22H,10-17H2,1H3,(H,31,32)(H2,28,29,30). The molecule has 0 heterocycles. The molecular weight excluding hydrogens is 398 g/mol. The van der Waals surface area contributed by atoms with E-state index in [1.807, 2.05) is 0 Å². The van der Waals surface area contributed by atoms with Crippen molar-refractivity contribution in [3.05, 3.63) is 65.2 Å². The van der Waals surface area contributed by atoms with E-state index in [2.05, 4.69) is 41.8 Å². The number of nitrogens with zero attached hydrogens (tertiary/aromatic N) is 1. The zero-order valence-electron chi connectivity index (χ0n) is 18.8. The second-order valence-electron chi connectivity index (χ2n) is 10.4. The smallest absolute Gasteiger partial charge is 0.335 e. The van der Waals surface area contributed by atoms with Crippen LogP contribution in [0.5, 0.6) is 0 Å². The van der Waals surface area contributed by atoms with Gasteiger partial charge >= 0.3 is 5.97 Å². The van der Waals surface area contributed by atoms with Crippen LogP contribution in [0.3, 0.4) is 0 Å². The largest absolute Gasteiger partial charge is 0.478 e. The number of anilines is 1. The normalized spacial score (nSPS) is 28.5. The molecule has 0 amide bonds. The van der Waals surface area contributed by atoms with Crippen LogP contribution in [0, 0.1) is 30.1 Å². The fourth-order valence-corrected chi connectivity index (χ4v) is 6.61. The van der Waals surface area contributed by atoms with E-state index in [-0.39, 0.29) is 5.56 Å². The number of carboxylic acids is 1. The van der Waals surface area contributed by atoms with Gasteiger partial charge in [0, 0.05) is 12.2 Å². The van der Waals surface area contributed by atoms with Crippen molar-refractivity contribution < 1.29 is 9.90 Å². The van der Waals surface area contributed by atoms with Gasteiger partial charge in [-0.25, -0.2) is 9.79 Å². The first-order valence-electron chi connectivity index (χ1n) is 11.9. The lowest BCUT2D eigenvalue weighted by atomic mass is 9.49. The third kappa shape index (κ3) is 4.67. The van der Waals surface area contributed by atoms with E-state index in [4.69, 9.17) is 10.1 Å². The average molecular weight is 432 g/mol. The molecule has 0 unspecified atom stereocenters. The van der Waals surface area contributed by atoms with Gasteiger partial charge in [-0.2, -0.15) is 0 Å². The summed E-state index contributed by atoms with van der Waals surface area (Å²) in [6, 6.07) is 15.3. The second kappa shape index (κ2) is 8.61. The van der Waals surface area contributed by atoms with Gasteiger partial charge < -0.3 is 15.7 Å². The van der Waals surface area contributed by atoms with Crippen molar-refractivity contribution in [2.75, 3.05) is 11.9 Å². The molecule has 0 radical (unpaired) electrons. The summed E-state index contributed by atoms with van der Waals surface area (Å²) < 4.78 is 0. The molecule has 0 saturated heterocycles. The molecule has 2 aromatic carbocycles. The van der Waals surface area contributed by atoms with Crippen LogP contribution in [0.4, 0.5) is 5.69 Å². The van der Waals surface area contributed by atoms with Crippen molar-refractivity contribution in [3.63, 3.8) is 0 Å². The molecule has 4 bridgehead atoms. The maximum atomic E-state index is 11.2. The van der Waals surface area contributed by atoms with Crippen molar-refractivity contribution in [3.8, 4) is 0 Å². The van der Waals surface area contributed by atoms with E-state index >= 15 is 0 Å². The first-order chi connectivity index (χ1) is 15.5. The molecular formula is C27H33N3O2. The molecule has 32 heavy (non-hydrogen) atoms. The van der Waals surface area contributed by atoms with Gasteiger partial charge in [-0.3, -0.25) is 0 Å². The fraction of sp³-hybridized carbons (Fsp3) is 0.481. The highest BCUT2D eigenvalue weighted by atomic mass is 16.4. The van der Waals surface area contributed by atoms with Gasteiger partial charge in [0.15, 0.2) is 5.96 Å². The summed E-state index contributed by atoms with van der Waals surface area (Å²) in [6.07, 6.45) is 8.39. The van der Waals surface area contributed by atoms with Crippen LogP contribution in [0.2, 0.25) is 0 Å². The lowest BCUT2D eigenvalue weighted by molar-refractivity contribution is -0.0491. The highest BCUT2D eigenvalue weighted by Crippen LogP contribution is 2.59. The lowest BCUT2D eigenvalue weighted by Gasteiger charge is -2.57. The maximum Gasteiger partial charge on any atom is 0.335 e. The van der Waals surface area contributed by atoms with E-state index in [0.29, 0.717) is 12.0 Å². The Hall–Kier alpha value is -2.82. The lowest BCUT2D eigenvalue weighted by Crippen LogP contribution is -2.51. The Bertz CT molecular complexity index is 959. The topological polar surface area (TPSA) is 73.7 Å². The average Bonchev–Trinajstić information content (AvgIpc) is 2.76. The highest BCUT2D eigenvalue weighted by molar-refractivity contribution is 5.94. The first kappa shape index (κ1) is 21.0. The molecule has 4 fully saturated rings. The summed E-state index contributed by atoms with van der Waals surface area (Å²) in [5.74, 6) is 2.63. The van der Waals surface area contributed by atoms with Crippen LogP contribution in [-0.4, -0.2) is 23.6 Å². The molecule has 4 aliphatic carbocycles. The minimum atomic E-state index is -0.912. The minimum Gasteiger partial charge on any atom is -0.478 e. The Morgan fingerprint density at radius 3 is 2.12 bits per heavy atom. The molecule has 0 spiro atoms. The number of nitrogens with one attached hydrogen (secondary N) is 2. The van der Waals surface area contributed by atoms with Crippen molar-refractivity contribution in [1.29, 1.82) is 0 Å². The summed E-state index contributed by atoms with van der Waals surface area (Å²) in [5, 5.41) is 16.2. The number of guanidine groups is 1. The predicted octanol–water partition coefficient (Wildman–Crippen LogP) is 5.47. The number of hydrogen-bond acceptors (Lipinski definition) is 2. The molecule has 3 N–H and O–H groups in total. The summed E-state index contributed by atoms with van der Waals surface area (Å²) >= 11 is 0. The van der Waals surface area contributed by atoms with Gasteiger partial charge in [0.05, 0.1) is 12.1 Å². The quantitative estimate of drug-likeness (QED) is 0.419. The zero-order chi connectivity index (χ0) is 22.1. The van der Waals surface area contributed by atoms with Crippen molar-refractivity contribution in [1.82, 2.24) is 5.32 Å².